The Labute approximate surface area is 198 Å². The van der Waals surface area contributed by atoms with Crippen molar-refractivity contribution < 1.29 is 5.11 Å². The number of anilines is 2. The van der Waals surface area contributed by atoms with Crippen LogP contribution in [0.4, 0.5) is 11.6 Å². The molecule has 0 aliphatic carbocycles. The van der Waals surface area contributed by atoms with E-state index in [-0.39, 0.29) is 23.2 Å². The predicted octanol–water partition coefficient (Wildman–Crippen LogP) is 3.65. The predicted molar refractivity (Wildman–Crippen MR) is 136 cm³/mol. The molecule has 0 amide bonds. The summed E-state index contributed by atoms with van der Waals surface area (Å²) in [4.78, 5) is 24.0. The van der Waals surface area contributed by atoms with E-state index in [4.69, 9.17) is 11.5 Å². The molecule has 8 heteroatoms. The van der Waals surface area contributed by atoms with Gasteiger partial charge in [-0.3, -0.25) is 4.79 Å². The van der Waals surface area contributed by atoms with Crippen molar-refractivity contribution in [1.82, 2.24) is 14.5 Å². The van der Waals surface area contributed by atoms with Crippen molar-refractivity contribution >= 4 is 22.4 Å². The summed E-state index contributed by atoms with van der Waals surface area (Å²) in [5, 5.41) is 11.5. The summed E-state index contributed by atoms with van der Waals surface area (Å²) in [5.74, 6) is 0.948. The molecule has 0 bridgehead atoms. The molecule has 2 aromatic heterocycles. The Hall–Kier alpha value is -3.91. The van der Waals surface area contributed by atoms with E-state index in [0.29, 0.717) is 23.5 Å². The van der Waals surface area contributed by atoms with Crippen LogP contribution in [-0.2, 0) is 6.54 Å². The Morgan fingerprint density at radius 1 is 1.12 bits per heavy atom. The van der Waals surface area contributed by atoms with Gasteiger partial charge in [-0.05, 0) is 55.5 Å². The zero-order valence-corrected chi connectivity index (χ0v) is 19.9. The van der Waals surface area contributed by atoms with E-state index in [1.165, 1.54) is 6.33 Å². The molecule has 4 rings (SSSR count). The second-order valence-electron chi connectivity index (χ2n) is 8.87. The lowest BCUT2D eigenvalue weighted by Gasteiger charge is -2.27. The molecule has 8 nitrogen and oxygen atoms in total. The average Bonchev–Trinajstić information content (AvgIpc) is 2.78. The van der Waals surface area contributed by atoms with E-state index in [0.717, 1.165) is 22.0 Å². The normalized spacial score (nSPS) is 12.3. The van der Waals surface area contributed by atoms with E-state index in [2.05, 4.69) is 16.0 Å². The van der Waals surface area contributed by atoms with Gasteiger partial charge in [-0.2, -0.15) is 0 Å². The van der Waals surface area contributed by atoms with Gasteiger partial charge in [0.25, 0.3) is 5.56 Å². The molecule has 0 spiro atoms. The van der Waals surface area contributed by atoms with Gasteiger partial charge >= 0.3 is 0 Å². The minimum atomic E-state index is -0.641. The van der Waals surface area contributed by atoms with Crippen molar-refractivity contribution in [1.29, 1.82) is 0 Å². The van der Waals surface area contributed by atoms with Crippen LogP contribution in [0.2, 0.25) is 0 Å². The standard InChI is InChI=1S/C26H30N6O2/c1-15(2)32-19(11-17-8-5-7-16(3)21(17)26(32)34)13-31(4)25-22(24(28)29-14-30-25)23(27)18-9-6-10-20(33)12-18/h5-12,14-15,23,33H,13,27H2,1-4H3,(H2,28,29,30). The summed E-state index contributed by atoms with van der Waals surface area (Å²) in [5.41, 5.74) is 15.9. The molecule has 0 aliphatic rings. The van der Waals surface area contributed by atoms with Crippen molar-refractivity contribution in [3.8, 4) is 5.75 Å². The minimum absolute atomic E-state index is 0.00659. The molecule has 176 valence electrons. The van der Waals surface area contributed by atoms with Crippen LogP contribution in [-0.4, -0.2) is 26.7 Å². The molecule has 0 aliphatic heterocycles. The van der Waals surface area contributed by atoms with E-state index < -0.39 is 6.04 Å². The highest BCUT2D eigenvalue weighted by Crippen LogP contribution is 2.32. The van der Waals surface area contributed by atoms with Crippen molar-refractivity contribution in [3.63, 3.8) is 0 Å². The van der Waals surface area contributed by atoms with E-state index in [1.807, 2.05) is 61.6 Å². The van der Waals surface area contributed by atoms with Gasteiger partial charge in [-0.1, -0.05) is 30.3 Å². The zero-order valence-electron chi connectivity index (χ0n) is 19.9. The fraction of sp³-hybridized carbons (Fsp3) is 0.269. The second kappa shape index (κ2) is 9.15. The Morgan fingerprint density at radius 3 is 2.56 bits per heavy atom. The number of phenolic OH excluding ortho intramolecular Hbond substituents is 1. The maximum absolute atomic E-state index is 13.4. The van der Waals surface area contributed by atoms with Crippen LogP contribution in [0.15, 0.2) is 59.7 Å². The molecule has 0 radical (unpaired) electrons. The third kappa shape index (κ3) is 4.20. The highest BCUT2D eigenvalue weighted by atomic mass is 16.3. The number of aromatic hydroxyl groups is 1. The molecule has 1 atom stereocenters. The fourth-order valence-corrected chi connectivity index (χ4v) is 4.50. The molecular formula is C26H30N6O2. The highest BCUT2D eigenvalue weighted by molar-refractivity contribution is 5.85. The van der Waals surface area contributed by atoms with Gasteiger partial charge in [0.2, 0.25) is 0 Å². The second-order valence-corrected chi connectivity index (χ2v) is 8.87. The molecule has 1 unspecified atom stereocenters. The molecule has 0 saturated carbocycles. The first-order valence-electron chi connectivity index (χ1n) is 11.2. The monoisotopic (exact) mass is 458 g/mol. The molecular weight excluding hydrogens is 428 g/mol. The van der Waals surface area contributed by atoms with Crippen molar-refractivity contribution in [3.05, 3.63) is 87.6 Å². The lowest BCUT2D eigenvalue weighted by molar-refractivity contribution is 0.474. The lowest BCUT2D eigenvalue weighted by atomic mass is 9.99. The number of nitrogen functional groups attached to an aromatic ring is 1. The highest BCUT2D eigenvalue weighted by Gasteiger charge is 2.23. The fourth-order valence-electron chi connectivity index (χ4n) is 4.50. The number of hydrogen-bond acceptors (Lipinski definition) is 7. The van der Waals surface area contributed by atoms with E-state index in [9.17, 15) is 9.90 Å². The number of hydrogen-bond donors (Lipinski definition) is 3. The van der Waals surface area contributed by atoms with Gasteiger partial charge in [0.05, 0.1) is 23.5 Å². The number of phenols is 1. The maximum Gasteiger partial charge on any atom is 0.259 e. The summed E-state index contributed by atoms with van der Waals surface area (Å²) in [7, 11) is 1.88. The average molecular weight is 459 g/mol. The minimum Gasteiger partial charge on any atom is -0.508 e. The Balaban J connectivity index is 1.80. The van der Waals surface area contributed by atoms with Crippen LogP contribution >= 0.6 is 0 Å². The molecule has 5 N–H and O–H groups in total. The Morgan fingerprint density at radius 2 is 1.85 bits per heavy atom. The van der Waals surface area contributed by atoms with Crippen LogP contribution in [0.3, 0.4) is 0 Å². The molecule has 2 aromatic carbocycles. The number of benzene rings is 2. The van der Waals surface area contributed by atoms with Gasteiger partial charge in [-0.25, -0.2) is 9.97 Å². The van der Waals surface area contributed by atoms with E-state index >= 15 is 0 Å². The van der Waals surface area contributed by atoms with Crippen molar-refractivity contribution in [2.75, 3.05) is 17.7 Å². The van der Waals surface area contributed by atoms with Crippen LogP contribution in [0.1, 0.15) is 48.3 Å². The number of fused-ring (bicyclic) bond motifs is 1. The van der Waals surface area contributed by atoms with Gasteiger partial charge in [-0.15, -0.1) is 0 Å². The Bertz CT molecular complexity index is 1410. The molecule has 4 aromatic rings. The van der Waals surface area contributed by atoms with Crippen LogP contribution < -0.4 is 21.9 Å². The van der Waals surface area contributed by atoms with Gasteiger partial charge in [0, 0.05) is 18.8 Å². The van der Waals surface area contributed by atoms with Gasteiger partial charge < -0.3 is 26.0 Å². The SMILES string of the molecule is Cc1cccc2cc(CN(C)c3ncnc(N)c3C(N)c3cccc(O)c3)n(C(C)C)c(=O)c12. The molecule has 34 heavy (non-hydrogen) atoms. The summed E-state index contributed by atoms with van der Waals surface area (Å²) in [6.07, 6.45) is 1.40. The van der Waals surface area contributed by atoms with E-state index in [1.54, 1.807) is 18.2 Å². The number of nitrogens with two attached hydrogens (primary N) is 2. The topological polar surface area (TPSA) is 123 Å². The van der Waals surface area contributed by atoms with Crippen LogP contribution in [0.5, 0.6) is 5.75 Å². The molecule has 0 saturated heterocycles. The number of aromatic nitrogens is 3. The van der Waals surface area contributed by atoms with Gasteiger partial charge in [0.1, 0.15) is 23.7 Å². The summed E-state index contributed by atoms with van der Waals surface area (Å²) >= 11 is 0. The smallest absolute Gasteiger partial charge is 0.259 e. The Kier molecular flexibility index (Phi) is 6.26. The first-order chi connectivity index (χ1) is 16.2. The third-order valence-corrected chi connectivity index (χ3v) is 6.08. The third-order valence-electron chi connectivity index (χ3n) is 6.08. The largest absolute Gasteiger partial charge is 0.508 e. The molecule has 2 heterocycles. The maximum atomic E-state index is 13.4. The zero-order chi connectivity index (χ0) is 24.6. The summed E-state index contributed by atoms with van der Waals surface area (Å²) in [6, 6.07) is 14.0. The van der Waals surface area contributed by atoms with Crippen molar-refractivity contribution in [2.45, 2.75) is 39.4 Å². The van der Waals surface area contributed by atoms with Crippen LogP contribution in [0, 0.1) is 6.92 Å². The number of aryl methyl sites for hydroxylation is 1. The number of pyridine rings is 1. The van der Waals surface area contributed by atoms with Gasteiger partial charge in [0.15, 0.2) is 0 Å². The quantitative estimate of drug-likeness (QED) is 0.403. The van der Waals surface area contributed by atoms with Crippen LogP contribution in [0.25, 0.3) is 10.8 Å². The molecule has 0 fully saturated rings. The lowest BCUT2D eigenvalue weighted by Crippen LogP contribution is -2.31. The first-order valence-corrected chi connectivity index (χ1v) is 11.2. The summed E-state index contributed by atoms with van der Waals surface area (Å²) in [6.45, 7) is 6.37. The first kappa shape index (κ1) is 23.3. The summed E-state index contributed by atoms with van der Waals surface area (Å²) < 4.78 is 1.82. The number of rotatable bonds is 6. The van der Waals surface area contributed by atoms with Crippen molar-refractivity contribution in [2.24, 2.45) is 5.73 Å². The number of nitrogens with zero attached hydrogens (tertiary/aromatic N) is 4.